The number of carbonyl (C=O) groups excluding carboxylic acids is 1. The van der Waals surface area contributed by atoms with E-state index in [2.05, 4.69) is 5.32 Å². The summed E-state index contributed by atoms with van der Waals surface area (Å²) in [4.78, 5) is 13.8. The molecule has 25 heavy (non-hydrogen) atoms. The largest absolute Gasteiger partial charge is 0.497 e. The molecule has 1 N–H and O–H groups in total. The zero-order chi connectivity index (χ0) is 17.8. The smallest absolute Gasteiger partial charge is 0.225 e. The van der Waals surface area contributed by atoms with Crippen LogP contribution in [-0.2, 0) is 11.2 Å². The van der Waals surface area contributed by atoms with E-state index in [1.165, 1.54) is 4.90 Å². The van der Waals surface area contributed by atoms with Gasteiger partial charge in [-0.2, -0.15) is 0 Å². The maximum atomic E-state index is 12.6. The first kappa shape index (κ1) is 18.0. The quantitative estimate of drug-likeness (QED) is 0.846. The molecule has 2 aromatic rings. The maximum Gasteiger partial charge on any atom is 0.225 e. The number of hydrogen-bond donors (Lipinski definition) is 1. The Hall–Kier alpha value is -1.85. The Bertz CT molecular complexity index is 781. The molecule has 0 bridgehead atoms. The molecule has 1 atom stereocenters. The standard InChI is InChI=1S/C19H20ClNO3S/c1-23-14-4-5-17(24-2)12(9-14)10-19(22)21-16-7-8-25-18-6-3-13(20)11-15(16)18/h3-6,9,11,16H,7-8,10H2,1-2H3,(H,21,22). The van der Waals surface area contributed by atoms with E-state index < -0.39 is 0 Å². The molecule has 0 saturated carbocycles. The topological polar surface area (TPSA) is 47.6 Å². The highest BCUT2D eigenvalue weighted by molar-refractivity contribution is 7.99. The summed E-state index contributed by atoms with van der Waals surface area (Å²) in [6, 6.07) is 11.3. The SMILES string of the molecule is COc1ccc(OC)c(CC(=O)NC2CCSc3ccc(Cl)cc32)c1. The number of fused-ring (bicyclic) bond motifs is 1. The molecule has 132 valence electrons. The highest BCUT2D eigenvalue weighted by Gasteiger charge is 2.23. The molecule has 1 aliphatic heterocycles. The van der Waals surface area contributed by atoms with Gasteiger partial charge in [-0.05, 0) is 48.4 Å². The van der Waals surface area contributed by atoms with Gasteiger partial charge in [0.1, 0.15) is 11.5 Å². The molecule has 0 aliphatic carbocycles. The number of halogens is 1. The maximum absolute atomic E-state index is 12.6. The number of benzene rings is 2. The van der Waals surface area contributed by atoms with Crippen LogP contribution in [0.5, 0.6) is 11.5 Å². The summed E-state index contributed by atoms with van der Waals surface area (Å²) in [5.74, 6) is 2.31. The van der Waals surface area contributed by atoms with Crippen LogP contribution in [0, 0.1) is 0 Å². The van der Waals surface area contributed by atoms with Gasteiger partial charge in [-0.1, -0.05) is 11.6 Å². The Morgan fingerprint density at radius 1 is 1.24 bits per heavy atom. The van der Waals surface area contributed by atoms with Crippen molar-refractivity contribution < 1.29 is 14.3 Å². The van der Waals surface area contributed by atoms with E-state index in [9.17, 15) is 4.79 Å². The zero-order valence-electron chi connectivity index (χ0n) is 14.2. The Morgan fingerprint density at radius 3 is 2.84 bits per heavy atom. The van der Waals surface area contributed by atoms with Crippen molar-refractivity contribution in [3.63, 3.8) is 0 Å². The van der Waals surface area contributed by atoms with Crippen molar-refractivity contribution in [2.75, 3.05) is 20.0 Å². The third-order valence-electron chi connectivity index (χ3n) is 4.19. The predicted octanol–water partition coefficient (Wildman–Crippen LogP) is 4.25. The van der Waals surface area contributed by atoms with Crippen molar-refractivity contribution in [1.82, 2.24) is 5.32 Å². The third-order valence-corrected chi connectivity index (χ3v) is 5.54. The van der Waals surface area contributed by atoms with E-state index in [4.69, 9.17) is 21.1 Å². The number of hydrogen-bond acceptors (Lipinski definition) is 4. The molecule has 1 aliphatic rings. The van der Waals surface area contributed by atoms with Crippen LogP contribution < -0.4 is 14.8 Å². The number of methoxy groups -OCH3 is 2. The summed E-state index contributed by atoms with van der Waals surface area (Å²) in [5.41, 5.74) is 1.89. The monoisotopic (exact) mass is 377 g/mol. The van der Waals surface area contributed by atoms with Crippen LogP contribution in [-0.4, -0.2) is 25.9 Å². The first-order chi connectivity index (χ1) is 12.1. The van der Waals surface area contributed by atoms with E-state index in [1.54, 1.807) is 26.0 Å². The van der Waals surface area contributed by atoms with E-state index in [-0.39, 0.29) is 18.4 Å². The Morgan fingerprint density at radius 2 is 2.08 bits per heavy atom. The van der Waals surface area contributed by atoms with Crippen LogP contribution in [0.2, 0.25) is 5.02 Å². The second-order valence-corrected chi connectivity index (χ2v) is 7.37. The van der Waals surface area contributed by atoms with Gasteiger partial charge >= 0.3 is 0 Å². The first-order valence-electron chi connectivity index (χ1n) is 8.03. The minimum atomic E-state index is -0.0469. The highest BCUT2D eigenvalue weighted by Crippen LogP contribution is 2.37. The van der Waals surface area contributed by atoms with Gasteiger partial charge in [-0.3, -0.25) is 4.79 Å². The molecule has 4 nitrogen and oxygen atoms in total. The van der Waals surface area contributed by atoms with Crippen LogP contribution in [0.3, 0.4) is 0 Å². The molecule has 1 amide bonds. The highest BCUT2D eigenvalue weighted by atomic mass is 35.5. The predicted molar refractivity (Wildman–Crippen MR) is 101 cm³/mol. The van der Waals surface area contributed by atoms with Gasteiger partial charge in [0, 0.05) is 21.2 Å². The molecule has 0 fully saturated rings. The van der Waals surface area contributed by atoms with E-state index in [0.29, 0.717) is 16.5 Å². The van der Waals surface area contributed by atoms with Crippen molar-refractivity contribution in [2.24, 2.45) is 0 Å². The van der Waals surface area contributed by atoms with Crippen molar-refractivity contribution in [3.8, 4) is 11.5 Å². The van der Waals surface area contributed by atoms with Crippen LogP contribution in [0.1, 0.15) is 23.6 Å². The number of carbonyl (C=O) groups is 1. The number of rotatable bonds is 5. The summed E-state index contributed by atoms with van der Waals surface area (Å²) in [6.07, 6.45) is 1.12. The fourth-order valence-electron chi connectivity index (χ4n) is 2.95. The number of nitrogens with one attached hydrogen (secondary N) is 1. The number of thioether (sulfide) groups is 1. The average Bonchev–Trinajstić information content (AvgIpc) is 2.62. The van der Waals surface area contributed by atoms with Crippen molar-refractivity contribution in [2.45, 2.75) is 23.8 Å². The lowest BCUT2D eigenvalue weighted by atomic mass is 10.0. The molecular formula is C19H20ClNO3S. The third kappa shape index (κ3) is 4.22. The molecule has 6 heteroatoms. The Labute approximate surface area is 156 Å². The van der Waals surface area contributed by atoms with Gasteiger partial charge in [-0.15, -0.1) is 11.8 Å². The van der Waals surface area contributed by atoms with Gasteiger partial charge in [0.05, 0.1) is 26.7 Å². The summed E-state index contributed by atoms with van der Waals surface area (Å²) < 4.78 is 10.6. The summed E-state index contributed by atoms with van der Waals surface area (Å²) in [5, 5.41) is 3.82. The zero-order valence-corrected chi connectivity index (χ0v) is 15.7. The minimum Gasteiger partial charge on any atom is -0.497 e. The van der Waals surface area contributed by atoms with Crippen molar-refractivity contribution in [3.05, 3.63) is 52.5 Å². The first-order valence-corrected chi connectivity index (χ1v) is 9.39. The van der Waals surface area contributed by atoms with Crippen LogP contribution in [0.15, 0.2) is 41.3 Å². The van der Waals surface area contributed by atoms with Gasteiger partial charge in [0.15, 0.2) is 0 Å². The molecule has 0 saturated heterocycles. The van der Waals surface area contributed by atoms with Crippen LogP contribution in [0.25, 0.3) is 0 Å². The number of ether oxygens (including phenoxy) is 2. The molecule has 0 spiro atoms. The molecule has 1 unspecified atom stereocenters. The van der Waals surface area contributed by atoms with Gasteiger partial charge in [0.25, 0.3) is 0 Å². The second-order valence-electron chi connectivity index (χ2n) is 5.79. The number of amides is 1. The summed E-state index contributed by atoms with van der Waals surface area (Å²) in [6.45, 7) is 0. The normalized spacial score (nSPS) is 16.0. The Kier molecular flexibility index (Phi) is 5.76. The lowest BCUT2D eigenvalue weighted by molar-refractivity contribution is -0.121. The lowest BCUT2D eigenvalue weighted by Gasteiger charge is -2.26. The molecule has 0 radical (unpaired) electrons. The van der Waals surface area contributed by atoms with E-state index >= 15 is 0 Å². The molecule has 2 aromatic carbocycles. The van der Waals surface area contributed by atoms with E-state index in [0.717, 1.165) is 23.3 Å². The molecule has 1 heterocycles. The van der Waals surface area contributed by atoms with Gasteiger partial charge in [0.2, 0.25) is 5.91 Å². The molecule has 0 aromatic heterocycles. The van der Waals surface area contributed by atoms with Crippen molar-refractivity contribution >= 4 is 29.3 Å². The molecule has 3 rings (SSSR count). The van der Waals surface area contributed by atoms with Gasteiger partial charge in [-0.25, -0.2) is 0 Å². The van der Waals surface area contributed by atoms with E-state index in [1.807, 2.05) is 36.4 Å². The van der Waals surface area contributed by atoms with Crippen LogP contribution >= 0.6 is 23.4 Å². The molecular weight excluding hydrogens is 358 g/mol. The Balaban J connectivity index is 1.75. The minimum absolute atomic E-state index is 0.0148. The van der Waals surface area contributed by atoms with Crippen LogP contribution in [0.4, 0.5) is 0 Å². The lowest BCUT2D eigenvalue weighted by Crippen LogP contribution is -2.31. The fraction of sp³-hybridized carbons (Fsp3) is 0.316. The second kappa shape index (κ2) is 8.02. The summed E-state index contributed by atoms with van der Waals surface area (Å²) in [7, 11) is 3.20. The fourth-order valence-corrected chi connectivity index (χ4v) is 4.24. The van der Waals surface area contributed by atoms with Crippen molar-refractivity contribution in [1.29, 1.82) is 0 Å². The van der Waals surface area contributed by atoms with Gasteiger partial charge < -0.3 is 14.8 Å². The summed E-state index contributed by atoms with van der Waals surface area (Å²) >= 11 is 7.93. The average molecular weight is 378 g/mol.